The number of nitrogens with zero attached hydrogens (tertiary/aromatic N) is 2. The summed E-state index contributed by atoms with van der Waals surface area (Å²) in [5, 5.41) is 5.10. The van der Waals surface area contributed by atoms with Crippen LogP contribution in [0.2, 0.25) is 0 Å². The summed E-state index contributed by atoms with van der Waals surface area (Å²) in [6.07, 6.45) is 0. The Labute approximate surface area is 126 Å². The number of carbonyl (C=O) groups is 1. The van der Waals surface area contributed by atoms with Gasteiger partial charge in [0.05, 0.1) is 12.2 Å². The summed E-state index contributed by atoms with van der Waals surface area (Å²) in [4.78, 5) is 17.5. The van der Waals surface area contributed by atoms with E-state index in [2.05, 4.69) is 10.3 Å². The molecule has 0 aliphatic heterocycles. The van der Waals surface area contributed by atoms with Crippen molar-refractivity contribution in [3.63, 3.8) is 0 Å². The van der Waals surface area contributed by atoms with Crippen molar-refractivity contribution in [3.8, 4) is 5.75 Å². The minimum Gasteiger partial charge on any atom is -0.489 e. The number of nitrogens with one attached hydrogen (secondary N) is 1. The summed E-state index contributed by atoms with van der Waals surface area (Å²) < 4.78 is 18.6. The lowest BCUT2D eigenvalue weighted by Crippen LogP contribution is -2.34. The van der Waals surface area contributed by atoms with Crippen molar-refractivity contribution in [2.24, 2.45) is 0 Å². The SMILES string of the molecule is Cc1csc(NC(=O)N(C)CCOc2ccccc2F)n1. The lowest BCUT2D eigenvalue weighted by atomic mass is 10.3. The lowest BCUT2D eigenvalue weighted by molar-refractivity contribution is 0.206. The Morgan fingerprint density at radius 1 is 1.48 bits per heavy atom. The van der Waals surface area contributed by atoms with Gasteiger partial charge in [0.15, 0.2) is 16.7 Å². The molecular weight excluding hydrogens is 293 g/mol. The number of carbonyl (C=O) groups excluding carboxylic acids is 1. The molecule has 2 amide bonds. The number of aromatic nitrogens is 1. The number of aryl methyl sites for hydroxylation is 1. The largest absolute Gasteiger partial charge is 0.489 e. The summed E-state index contributed by atoms with van der Waals surface area (Å²) in [5.74, 6) is -0.232. The van der Waals surface area contributed by atoms with Crippen molar-refractivity contribution >= 4 is 22.5 Å². The van der Waals surface area contributed by atoms with Crippen LogP contribution in [0.4, 0.5) is 14.3 Å². The predicted molar refractivity (Wildman–Crippen MR) is 80.4 cm³/mol. The van der Waals surface area contributed by atoms with Crippen LogP contribution in [0.5, 0.6) is 5.75 Å². The first kappa shape index (κ1) is 15.2. The molecule has 112 valence electrons. The van der Waals surface area contributed by atoms with E-state index in [9.17, 15) is 9.18 Å². The average molecular weight is 309 g/mol. The van der Waals surface area contributed by atoms with Gasteiger partial charge in [-0.15, -0.1) is 11.3 Å². The third-order valence-corrected chi connectivity index (χ3v) is 3.58. The number of amides is 2. The maximum atomic E-state index is 13.3. The minimum atomic E-state index is -0.414. The summed E-state index contributed by atoms with van der Waals surface area (Å²) >= 11 is 1.37. The zero-order chi connectivity index (χ0) is 15.2. The molecule has 5 nitrogen and oxygen atoms in total. The zero-order valence-electron chi connectivity index (χ0n) is 11.8. The van der Waals surface area contributed by atoms with E-state index in [1.807, 2.05) is 12.3 Å². The molecule has 21 heavy (non-hydrogen) atoms. The quantitative estimate of drug-likeness (QED) is 0.923. The van der Waals surface area contributed by atoms with Crippen LogP contribution in [-0.4, -0.2) is 36.1 Å². The van der Waals surface area contributed by atoms with Gasteiger partial charge in [-0.2, -0.15) is 0 Å². The van der Waals surface area contributed by atoms with Crippen LogP contribution in [0.15, 0.2) is 29.6 Å². The number of para-hydroxylation sites is 1. The second-order valence-electron chi connectivity index (χ2n) is 4.42. The maximum absolute atomic E-state index is 13.3. The number of benzene rings is 1. The van der Waals surface area contributed by atoms with E-state index in [0.29, 0.717) is 11.7 Å². The third kappa shape index (κ3) is 4.42. The highest BCUT2D eigenvalue weighted by Crippen LogP contribution is 2.16. The molecule has 0 aliphatic rings. The van der Waals surface area contributed by atoms with Crippen LogP contribution in [0.3, 0.4) is 0 Å². The maximum Gasteiger partial charge on any atom is 0.323 e. The molecule has 1 N–H and O–H groups in total. The van der Waals surface area contributed by atoms with Crippen molar-refractivity contribution in [2.75, 3.05) is 25.5 Å². The molecule has 2 aromatic rings. The molecular formula is C14H16FN3O2S. The first-order valence-electron chi connectivity index (χ1n) is 6.38. The molecule has 0 radical (unpaired) electrons. The topological polar surface area (TPSA) is 54.5 Å². The molecule has 1 aromatic carbocycles. The summed E-state index contributed by atoms with van der Waals surface area (Å²) in [6.45, 7) is 2.41. The summed E-state index contributed by atoms with van der Waals surface area (Å²) in [5.41, 5.74) is 0.862. The zero-order valence-corrected chi connectivity index (χ0v) is 12.6. The van der Waals surface area contributed by atoms with E-state index in [0.717, 1.165) is 5.69 Å². The standard InChI is InChI=1S/C14H16FN3O2S/c1-10-9-21-13(16-10)17-14(19)18(2)7-8-20-12-6-4-3-5-11(12)15/h3-6,9H,7-8H2,1-2H3,(H,16,17,19). The van der Waals surface area contributed by atoms with Gasteiger partial charge in [0, 0.05) is 12.4 Å². The highest BCUT2D eigenvalue weighted by Gasteiger charge is 2.11. The highest BCUT2D eigenvalue weighted by atomic mass is 32.1. The van der Waals surface area contributed by atoms with E-state index < -0.39 is 5.82 Å². The van der Waals surface area contributed by atoms with Crippen LogP contribution >= 0.6 is 11.3 Å². The van der Waals surface area contributed by atoms with E-state index in [1.54, 1.807) is 25.2 Å². The van der Waals surface area contributed by atoms with E-state index in [-0.39, 0.29) is 18.4 Å². The second-order valence-corrected chi connectivity index (χ2v) is 5.28. The van der Waals surface area contributed by atoms with Gasteiger partial charge in [-0.3, -0.25) is 5.32 Å². The summed E-state index contributed by atoms with van der Waals surface area (Å²) in [7, 11) is 1.64. The van der Waals surface area contributed by atoms with Crippen LogP contribution in [-0.2, 0) is 0 Å². The normalized spacial score (nSPS) is 10.2. The Balaban J connectivity index is 1.77. The van der Waals surface area contributed by atoms with Crippen LogP contribution in [0.1, 0.15) is 5.69 Å². The first-order valence-corrected chi connectivity index (χ1v) is 7.26. The molecule has 0 fully saturated rings. The Kier molecular flexibility index (Phi) is 5.10. The molecule has 0 saturated heterocycles. The van der Waals surface area contributed by atoms with Gasteiger partial charge in [0.1, 0.15) is 6.61 Å². The Morgan fingerprint density at radius 3 is 2.90 bits per heavy atom. The molecule has 0 saturated carbocycles. The fourth-order valence-corrected chi connectivity index (χ4v) is 2.23. The fraction of sp³-hybridized carbons (Fsp3) is 0.286. The number of rotatable bonds is 5. The van der Waals surface area contributed by atoms with E-state index in [1.165, 1.54) is 22.3 Å². The van der Waals surface area contributed by atoms with Crippen LogP contribution in [0.25, 0.3) is 0 Å². The fourth-order valence-electron chi connectivity index (χ4n) is 1.55. The predicted octanol–water partition coefficient (Wildman–Crippen LogP) is 3.13. The number of halogens is 1. The third-order valence-electron chi connectivity index (χ3n) is 2.70. The second kappa shape index (κ2) is 7.03. The first-order chi connectivity index (χ1) is 10.1. The number of anilines is 1. The van der Waals surface area contributed by atoms with Crippen LogP contribution < -0.4 is 10.1 Å². The molecule has 0 bridgehead atoms. The van der Waals surface area contributed by atoms with Crippen LogP contribution in [0, 0.1) is 12.7 Å². The number of urea groups is 1. The molecule has 1 heterocycles. The Morgan fingerprint density at radius 2 is 2.24 bits per heavy atom. The summed E-state index contributed by atoms with van der Waals surface area (Å²) in [6, 6.07) is 5.89. The molecule has 0 spiro atoms. The van der Waals surface area contributed by atoms with Crippen molar-refractivity contribution < 1.29 is 13.9 Å². The average Bonchev–Trinajstić information content (AvgIpc) is 2.86. The minimum absolute atomic E-state index is 0.182. The van der Waals surface area contributed by atoms with Crippen molar-refractivity contribution in [1.82, 2.24) is 9.88 Å². The molecule has 2 rings (SSSR count). The van der Waals surface area contributed by atoms with E-state index >= 15 is 0 Å². The van der Waals surface area contributed by atoms with Gasteiger partial charge in [-0.05, 0) is 19.1 Å². The van der Waals surface area contributed by atoms with Gasteiger partial charge >= 0.3 is 6.03 Å². The van der Waals surface area contributed by atoms with Gasteiger partial charge < -0.3 is 9.64 Å². The van der Waals surface area contributed by atoms with Crippen molar-refractivity contribution in [1.29, 1.82) is 0 Å². The van der Waals surface area contributed by atoms with Crippen molar-refractivity contribution in [2.45, 2.75) is 6.92 Å². The number of ether oxygens (including phenoxy) is 1. The smallest absolute Gasteiger partial charge is 0.323 e. The number of hydrogen-bond donors (Lipinski definition) is 1. The Bertz CT molecular complexity index is 618. The molecule has 0 atom stereocenters. The molecule has 0 aliphatic carbocycles. The van der Waals surface area contributed by atoms with Gasteiger partial charge in [-0.25, -0.2) is 14.2 Å². The van der Waals surface area contributed by atoms with Gasteiger partial charge in [0.25, 0.3) is 0 Å². The lowest BCUT2D eigenvalue weighted by Gasteiger charge is -2.17. The van der Waals surface area contributed by atoms with Gasteiger partial charge in [-0.1, -0.05) is 12.1 Å². The monoisotopic (exact) mass is 309 g/mol. The molecule has 7 heteroatoms. The number of likely N-dealkylation sites (N-methyl/N-ethyl adjacent to an activating group) is 1. The van der Waals surface area contributed by atoms with E-state index in [4.69, 9.17) is 4.74 Å². The highest BCUT2D eigenvalue weighted by molar-refractivity contribution is 7.13. The van der Waals surface area contributed by atoms with Gasteiger partial charge in [0.2, 0.25) is 0 Å². The number of hydrogen-bond acceptors (Lipinski definition) is 4. The molecule has 0 unspecified atom stereocenters. The van der Waals surface area contributed by atoms with Crippen molar-refractivity contribution in [3.05, 3.63) is 41.2 Å². The molecule has 1 aromatic heterocycles. The Hall–Kier alpha value is -2.15. The number of thiazole rings is 1.